The minimum atomic E-state index is -0.227. The number of pyridine rings is 2. The molecule has 0 aliphatic heterocycles. The Morgan fingerprint density at radius 3 is 2.68 bits per heavy atom. The topological polar surface area (TPSA) is 85.0 Å². The van der Waals surface area contributed by atoms with Crippen molar-refractivity contribution in [1.82, 2.24) is 19.3 Å². The highest BCUT2D eigenvalue weighted by Gasteiger charge is 2.16. The van der Waals surface area contributed by atoms with Gasteiger partial charge in [0.1, 0.15) is 5.82 Å². The highest BCUT2D eigenvalue weighted by atomic mass is 35.5. The number of hydrogen-bond acceptors (Lipinski definition) is 5. The predicted octanol–water partition coefficient (Wildman–Crippen LogP) is 4.04. The van der Waals surface area contributed by atoms with Crippen LogP contribution < -0.4 is 10.9 Å². The first kappa shape index (κ1) is 21.4. The lowest BCUT2D eigenvalue weighted by atomic mass is 10.2. The van der Waals surface area contributed by atoms with Crippen LogP contribution in [0.4, 0.5) is 5.82 Å². The third-order valence-electron chi connectivity index (χ3n) is 5.03. The second-order valence-electron chi connectivity index (χ2n) is 7.37. The number of fused-ring (bicyclic) bond motifs is 1. The molecule has 0 bridgehead atoms. The maximum Gasteiger partial charge on any atom is 0.266 e. The average molecular weight is 458 g/mol. The van der Waals surface area contributed by atoms with Crippen LogP contribution in [0.25, 0.3) is 16.6 Å². The summed E-state index contributed by atoms with van der Waals surface area (Å²) in [7, 11) is 0. The van der Waals surface area contributed by atoms with Crippen molar-refractivity contribution < 1.29 is 5.11 Å². The van der Waals surface area contributed by atoms with E-state index in [1.165, 1.54) is 6.20 Å². The number of aliphatic hydroxyl groups is 1. The van der Waals surface area contributed by atoms with Crippen molar-refractivity contribution in [2.24, 2.45) is 0 Å². The minimum absolute atomic E-state index is 0.0464. The zero-order valence-electron chi connectivity index (χ0n) is 17.0. The second kappa shape index (κ2) is 8.70. The Labute approximate surface area is 188 Å². The third kappa shape index (κ3) is 4.17. The van der Waals surface area contributed by atoms with Crippen LogP contribution >= 0.6 is 23.2 Å². The van der Waals surface area contributed by atoms with Gasteiger partial charge in [0.05, 0.1) is 47.2 Å². The summed E-state index contributed by atoms with van der Waals surface area (Å²) in [6.07, 6.45) is 3.05. The molecule has 0 fully saturated rings. The molecule has 7 nitrogen and oxygen atoms in total. The molecule has 1 atom stereocenters. The summed E-state index contributed by atoms with van der Waals surface area (Å²) < 4.78 is 3.31. The fraction of sp³-hybridized carbons (Fsp3) is 0.227. The first-order chi connectivity index (χ1) is 14.9. The zero-order chi connectivity index (χ0) is 22.1. The molecule has 0 amide bonds. The van der Waals surface area contributed by atoms with Gasteiger partial charge in [-0.1, -0.05) is 41.4 Å². The lowest BCUT2D eigenvalue weighted by Crippen LogP contribution is -2.23. The Balaban J connectivity index is 1.80. The van der Waals surface area contributed by atoms with Crippen molar-refractivity contribution in [2.45, 2.75) is 26.4 Å². The van der Waals surface area contributed by atoms with E-state index in [1.54, 1.807) is 21.5 Å². The molecule has 31 heavy (non-hydrogen) atoms. The number of nitrogens with one attached hydrogen (secondary N) is 1. The van der Waals surface area contributed by atoms with Crippen molar-refractivity contribution in [3.05, 3.63) is 80.4 Å². The van der Waals surface area contributed by atoms with E-state index in [1.807, 2.05) is 44.2 Å². The molecule has 9 heteroatoms. The van der Waals surface area contributed by atoms with Crippen molar-refractivity contribution in [2.75, 3.05) is 11.9 Å². The van der Waals surface area contributed by atoms with Crippen LogP contribution in [-0.2, 0) is 6.54 Å². The largest absolute Gasteiger partial charge is 0.394 e. The minimum Gasteiger partial charge on any atom is -0.394 e. The van der Waals surface area contributed by atoms with Gasteiger partial charge in [-0.3, -0.25) is 14.0 Å². The molecule has 0 aliphatic rings. The van der Waals surface area contributed by atoms with Crippen molar-refractivity contribution in [1.29, 1.82) is 0 Å². The summed E-state index contributed by atoms with van der Waals surface area (Å²) in [5.74, 6) is 0.516. The fourth-order valence-corrected chi connectivity index (χ4v) is 3.83. The van der Waals surface area contributed by atoms with Crippen molar-refractivity contribution in [3.63, 3.8) is 0 Å². The van der Waals surface area contributed by atoms with Gasteiger partial charge in [-0.2, -0.15) is 5.10 Å². The van der Waals surface area contributed by atoms with Gasteiger partial charge < -0.3 is 10.4 Å². The molecule has 3 aromatic heterocycles. The van der Waals surface area contributed by atoms with Gasteiger partial charge in [-0.15, -0.1) is 0 Å². The van der Waals surface area contributed by atoms with Crippen LogP contribution in [0.3, 0.4) is 0 Å². The molecule has 0 radical (unpaired) electrons. The van der Waals surface area contributed by atoms with Crippen molar-refractivity contribution in [3.8, 4) is 5.69 Å². The monoisotopic (exact) mass is 457 g/mol. The van der Waals surface area contributed by atoms with Gasteiger partial charge in [-0.05, 0) is 31.5 Å². The van der Waals surface area contributed by atoms with E-state index < -0.39 is 0 Å². The first-order valence-electron chi connectivity index (χ1n) is 9.74. The van der Waals surface area contributed by atoms with E-state index in [4.69, 9.17) is 23.2 Å². The van der Waals surface area contributed by atoms with Crippen LogP contribution in [0, 0.1) is 6.92 Å². The zero-order valence-corrected chi connectivity index (χ0v) is 18.5. The van der Waals surface area contributed by atoms with Gasteiger partial charge in [-0.25, -0.2) is 4.98 Å². The normalized spacial score (nSPS) is 12.3. The van der Waals surface area contributed by atoms with Gasteiger partial charge >= 0.3 is 0 Å². The molecule has 4 rings (SSSR count). The molecule has 2 N–H and O–H groups in total. The highest BCUT2D eigenvalue weighted by molar-refractivity contribution is 6.32. The highest BCUT2D eigenvalue weighted by Crippen LogP contribution is 2.25. The van der Waals surface area contributed by atoms with E-state index in [9.17, 15) is 9.90 Å². The number of halogens is 2. The van der Waals surface area contributed by atoms with Crippen LogP contribution in [0.2, 0.25) is 10.0 Å². The molecule has 0 aliphatic carbocycles. The lowest BCUT2D eigenvalue weighted by Gasteiger charge is -2.16. The molecule has 160 valence electrons. The summed E-state index contributed by atoms with van der Waals surface area (Å²) in [4.78, 5) is 17.6. The first-order valence-corrected chi connectivity index (χ1v) is 10.5. The molecule has 0 saturated carbocycles. The van der Waals surface area contributed by atoms with E-state index in [-0.39, 0.29) is 18.2 Å². The number of anilines is 1. The number of nitrogens with zero attached hydrogens (tertiary/aromatic N) is 4. The molecule has 4 aromatic rings. The predicted molar refractivity (Wildman–Crippen MR) is 124 cm³/mol. The van der Waals surface area contributed by atoms with Crippen LogP contribution in [0.15, 0.2) is 53.6 Å². The number of aromatic nitrogens is 4. The van der Waals surface area contributed by atoms with Gasteiger partial charge in [0.2, 0.25) is 0 Å². The third-order valence-corrected chi connectivity index (χ3v) is 5.69. The summed E-state index contributed by atoms with van der Waals surface area (Å²) in [6, 6.07) is 11.0. The van der Waals surface area contributed by atoms with Crippen LogP contribution in [0.5, 0.6) is 0 Å². The number of aliphatic hydroxyl groups excluding tert-OH is 1. The van der Waals surface area contributed by atoms with Gasteiger partial charge in [0, 0.05) is 22.8 Å². The molecule has 0 spiro atoms. The van der Waals surface area contributed by atoms with E-state index in [0.29, 0.717) is 39.2 Å². The van der Waals surface area contributed by atoms with E-state index in [0.717, 1.165) is 11.1 Å². The van der Waals surface area contributed by atoms with Crippen LogP contribution in [-0.4, -0.2) is 37.1 Å². The Morgan fingerprint density at radius 1 is 1.16 bits per heavy atom. The van der Waals surface area contributed by atoms with Crippen molar-refractivity contribution >= 4 is 39.9 Å². The van der Waals surface area contributed by atoms with Gasteiger partial charge in [0.15, 0.2) is 0 Å². The summed E-state index contributed by atoms with van der Waals surface area (Å²) in [5.41, 5.74) is 2.62. The SMILES string of the molecule is Cc1cc2c(cnn2Cc2ccccc2Cl)c(=O)n1-c1cc(N[C@@H](C)CO)ncc1Cl. The molecule has 3 heterocycles. The van der Waals surface area contributed by atoms with Crippen LogP contribution in [0.1, 0.15) is 18.2 Å². The molecule has 0 unspecified atom stereocenters. The number of rotatable bonds is 6. The molecule has 1 aromatic carbocycles. The maximum absolute atomic E-state index is 13.4. The standard InChI is InChI=1S/C22H21Cl2N5O2/c1-13(12-30)27-21-8-20(18(24)10-25-21)29-14(2)7-19-16(22(29)31)9-26-28(19)11-15-5-3-4-6-17(15)23/h3-10,13,30H,11-12H2,1-2H3,(H,25,27)/t13-/m0/s1. The van der Waals surface area contributed by atoms with E-state index >= 15 is 0 Å². The maximum atomic E-state index is 13.4. The summed E-state index contributed by atoms with van der Waals surface area (Å²) in [5, 5.41) is 18.2. The Hall–Kier alpha value is -2.87. The average Bonchev–Trinajstić information content (AvgIpc) is 3.14. The number of hydrogen-bond donors (Lipinski definition) is 2. The Kier molecular flexibility index (Phi) is 6.00. The summed E-state index contributed by atoms with van der Waals surface area (Å²) >= 11 is 12.7. The van der Waals surface area contributed by atoms with Gasteiger partial charge in [0.25, 0.3) is 5.56 Å². The molecular weight excluding hydrogens is 437 g/mol. The quantitative estimate of drug-likeness (QED) is 0.456. The summed E-state index contributed by atoms with van der Waals surface area (Å²) in [6.45, 7) is 4.07. The number of benzene rings is 1. The number of aryl methyl sites for hydroxylation is 1. The Morgan fingerprint density at radius 2 is 1.94 bits per heavy atom. The Bertz CT molecular complexity index is 1320. The molecule has 0 saturated heterocycles. The molecular formula is C22H21Cl2N5O2. The smallest absolute Gasteiger partial charge is 0.266 e. The second-order valence-corrected chi connectivity index (χ2v) is 8.18. The van der Waals surface area contributed by atoms with E-state index in [2.05, 4.69) is 15.4 Å². The fourth-order valence-electron chi connectivity index (χ4n) is 3.44. The lowest BCUT2D eigenvalue weighted by molar-refractivity contribution is 0.281.